The zero-order valence-electron chi connectivity index (χ0n) is 8.78. The Kier molecular flexibility index (Phi) is 7.76. The number of halogens is 2. The number of ether oxygens (including phenoxy) is 1. The number of alkyl halides is 2. The van der Waals surface area contributed by atoms with Crippen LogP contribution in [0.4, 0.5) is 0 Å². The van der Waals surface area contributed by atoms with Crippen molar-refractivity contribution in [2.45, 2.75) is 27.2 Å². The first-order valence-corrected chi connectivity index (χ1v) is 7.07. The summed E-state index contributed by atoms with van der Waals surface area (Å²) in [6.07, 6.45) is 1.12. The van der Waals surface area contributed by atoms with Crippen molar-refractivity contribution < 1.29 is 4.74 Å². The third-order valence-electron chi connectivity index (χ3n) is 2.71. The van der Waals surface area contributed by atoms with E-state index in [9.17, 15) is 0 Å². The largest absolute Gasteiger partial charge is 0.382 e. The molecule has 0 aliphatic rings. The first-order valence-electron chi connectivity index (χ1n) is 4.82. The lowest BCUT2D eigenvalue weighted by Gasteiger charge is -2.34. The average Bonchev–Trinajstić information content (AvgIpc) is 2.13. The van der Waals surface area contributed by atoms with Crippen LogP contribution in [0.3, 0.4) is 0 Å². The molecular weight excluding hydrogens is 296 g/mol. The second-order valence-corrected chi connectivity index (χ2v) is 4.85. The van der Waals surface area contributed by atoms with Gasteiger partial charge in [-0.2, -0.15) is 0 Å². The molecule has 0 radical (unpaired) electrons. The summed E-state index contributed by atoms with van der Waals surface area (Å²) in [7, 11) is 0. The molecule has 0 saturated carbocycles. The molecule has 13 heavy (non-hydrogen) atoms. The van der Waals surface area contributed by atoms with Gasteiger partial charge in [-0.3, -0.25) is 0 Å². The maximum atomic E-state index is 5.40. The minimum absolute atomic E-state index is 0.342. The Morgan fingerprint density at radius 2 is 1.77 bits per heavy atom. The average molecular weight is 316 g/mol. The van der Waals surface area contributed by atoms with Crippen LogP contribution in [-0.2, 0) is 4.74 Å². The summed E-state index contributed by atoms with van der Waals surface area (Å²) in [5, 5.41) is 2.08. The smallest absolute Gasteiger partial charge is 0.0471 e. The van der Waals surface area contributed by atoms with Crippen molar-refractivity contribution >= 4 is 31.9 Å². The van der Waals surface area contributed by atoms with E-state index in [4.69, 9.17) is 4.74 Å². The Labute approximate surface area is 98.9 Å². The van der Waals surface area contributed by atoms with Gasteiger partial charge in [0, 0.05) is 23.9 Å². The lowest BCUT2D eigenvalue weighted by Crippen LogP contribution is -2.32. The molecule has 0 unspecified atom stereocenters. The summed E-state index contributed by atoms with van der Waals surface area (Å²) in [4.78, 5) is 0. The summed E-state index contributed by atoms with van der Waals surface area (Å²) in [5.41, 5.74) is 0.342. The number of rotatable bonds is 7. The van der Waals surface area contributed by atoms with Crippen molar-refractivity contribution in [1.82, 2.24) is 0 Å². The van der Waals surface area contributed by atoms with Gasteiger partial charge in [-0.25, -0.2) is 0 Å². The van der Waals surface area contributed by atoms with E-state index in [1.165, 1.54) is 0 Å². The van der Waals surface area contributed by atoms with Crippen molar-refractivity contribution in [2.24, 2.45) is 11.3 Å². The van der Waals surface area contributed by atoms with Crippen LogP contribution in [0.15, 0.2) is 0 Å². The molecule has 0 atom stereocenters. The van der Waals surface area contributed by atoms with Gasteiger partial charge in [-0.15, -0.1) is 0 Å². The van der Waals surface area contributed by atoms with E-state index in [0.29, 0.717) is 11.3 Å². The quantitative estimate of drug-likeness (QED) is 0.512. The highest BCUT2D eigenvalue weighted by atomic mass is 79.9. The van der Waals surface area contributed by atoms with Crippen molar-refractivity contribution in [1.29, 1.82) is 0 Å². The minimum atomic E-state index is 0.342. The van der Waals surface area contributed by atoms with Crippen LogP contribution in [0, 0.1) is 11.3 Å². The van der Waals surface area contributed by atoms with E-state index in [0.717, 1.165) is 30.3 Å². The summed E-state index contributed by atoms with van der Waals surface area (Å²) < 4.78 is 5.40. The minimum Gasteiger partial charge on any atom is -0.382 e. The molecule has 0 heterocycles. The second-order valence-electron chi connectivity index (χ2n) is 3.73. The zero-order valence-corrected chi connectivity index (χ0v) is 11.9. The van der Waals surface area contributed by atoms with Gasteiger partial charge in [0.05, 0.1) is 0 Å². The van der Waals surface area contributed by atoms with Crippen molar-refractivity contribution in [3.63, 3.8) is 0 Å². The van der Waals surface area contributed by atoms with Gasteiger partial charge in [-0.05, 0) is 24.7 Å². The van der Waals surface area contributed by atoms with E-state index >= 15 is 0 Å². The summed E-state index contributed by atoms with van der Waals surface area (Å²) in [6.45, 7) is 8.27. The van der Waals surface area contributed by atoms with Crippen LogP contribution in [0.1, 0.15) is 27.2 Å². The summed E-state index contributed by atoms with van der Waals surface area (Å²) in [6, 6.07) is 0. The molecular formula is C10H20Br2O. The Morgan fingerprint density at radius 3 is 2.08 bits per heavy atom. The van der Waals surface area contributed by atoms with Crippen LogP contribution >= 0.6 is 31.9 Å². The number of hydrogen-bond donors (Lipinski definition) is 0. The fourth-order valence-electron chi connectivity index (χ4n) is 1.19. The van der Waals surface area contributed by atoms with Gasteiger partial charge < -0.3 is 4.74 Å². The van der Waals surface area contributed by atoms with Crippen LogP contribution in [-0.4, -0.2) is 23.9 Å². The van der Waals surface area contributed by atoms with Gasteiger partial charge in [0.25, 0.3) is 0 Å². The Bertz CT molecular complexity index is 122. The molecule has 1 nitrogen and oxygen atoms in total. The normalized spacial score (nSPS) is 12.5. The van der Waals surface area contributed by atoms with E-state index < -0.39 is 0 Å². The third-order valence-corrected chi connectivity index (χ3v) is 4.94. The fraction of sp³-hybridized carbons (Fsp3) is 1.00. The van der Waals surface area contributed by atoms with Gasteiger partial charge in [0.2, 0.25) is 0 Å². The molecule has 0 aliphatic heterocycles. The molecule has 0 spiro atoms. The molecule has 3 heteroatoms. The molecule has 0 aliphatic carbocycles. The molecule has 0 aromatic rings. The molecule has 0 rings (SSSR count). The maximum absolute atomic E-state index is 5.40. The first kappa shape index (κ1) is 13.9. The van der Waals surface area contributed by atoms with Crippen molar-refractivity contribution in [3.05, 3.63) is 0 Å². The van der Waals surface area contributed by atoms with Gasteiger partial charge >= 0.3 is 0 Å². The Balaban J connectivity index is 4.06. The van der Waals surface area contributed by atoms with Crippen LogP contribution in [0.2, 0.25) is 0 Å². The highest BCUT2D eigenvalue weighted by Crippen LogP contribution is 2.35. The number of hydrogen-bond acceptors (Lipinski definition) is 1. The van der Waals surface area contributed by atoms with Gasteiger partial charge in [0.1, 0.15) is 0 Å². The third kappa shape index (κ3) is 4.30. The molecule has 0 fully saturated rings. The highest BCUT2D eigenvalue weighted by Gasteiger charge is 2.31. The van der Waals surface area contributed by atoms with E-state index in [2.05, 4.69) is 45.7 Å². The zero-order chi connectivity index (χ0) is 10.3. The predicted molar refractivity (Wildman–Crippen MR) is 66.0 cm³/mol. The molecule has 80 valence electrons. The van der Waals surface area contributed by atoms with Crippen LogP contribution in [0.5, 0.6) is 0 Å². The summed E-state index contributed by atoms with van der Waals surface area (Å²) in [5.74, 6) is 0.673. The van der Waals surface area contributed by atoms with Crippen LogP contribution < -0.4 is 0 Å². The molecule has 0 N–H and O–H groups in total. The van der Waals surface area contributed by atoms with Crippen molar-refractivity contribution in [2.75, 3.05) is 23.9 Å². The van der Waals surface area contributed by atoms with E-state index in [1.807, 2.05) is 6.92 Å². The Morgan fingerprint density at radius 1 is 1.23 bits per heavy atom. The molecule has 0 amide bonds. The molecule has 0 bridgehead atoms. The van der Waals surface area contributed by atoms with Gasteiger partial charge in [-0.1, -0.05) is 45.7 Å². The van der Waals surface area contributed by atoms with Crippen LogP contribution in [0.25, 0.3) is 0 Å². The monoisotopic (exact) mass is 314 g/mol. The highest BCUT2D eigenvalue weighted by molar-refractivity contribution is 9.09. The van der Waals surface area contributed by atoms with Crippen molar-refractivity contribution in [3.8, 4) is 0 Å². The van der Waals surface area contributed by atoms with E-state index in [1.54, 1.807) is 0 Å². The first-order chi connectivity index (χ1) is 6.13. The SMILES string of the molecule is CCOCCC(CBr)(CBr)C(C)C. The molecule has 0 aromatic heterocycles. The fourth-order valence-corrected chi connectivity index (χ4v) is 3.97. The predicted octanol–water partition coefficient (Wildman–Crippen LogP) is 3.85. The standard InChI is InChI=1S/C10H20Br2O/c1-4-13-6-5-10(7-11,8-12)9(2)3/h9H,4-8H2,1-3H3. The molecule has 0 saturated heterocycles. The molecule has 0 aromatic carbocycles. The second kappa shape index (κ2) is 7.24. The summed E-state index contributed by atoms with van der Waals surface area (Å²) >= 11 is 7.20. The maximum Gasteiger partial charge on any atom is 0.0471 e. The lowest BCUT2D eigenvalue weighted by molar-refractivity contribution is 0.101. The van der Waals surface area contributed by atoms with Gasteiger partial charge in [0.15, 0.2) is 0 Å². The van der Waals surface area contributed by atoms with E-state index in [-0.39, 0.29) is 0 Å². The topological polar surface area (TPSA) is 9.23 Å². The lowest BCUT2D eigenvalue weighted by atomic mass is 9.78. The Hall–Kier alpha value is 0.920.